The second kappa shape index (κ2) is 37.5. The third kappa shape index (κ3) is 18.5. The molecule has 736 valence electrons. The number of aryl methyl sites for hydroxylation is 1. The molecule has 0 aromatic heterocycles. The molecule has 0 amide bonds. The summed E-state index contributed by atoms with van der Waals surface area (Å²) >= 11 is 0. The van der Waals surface area contributed by atoms with Crippen molar-refractivity contribution < 1.29 is 11.0 Å². The average Bonchev–Trinajstić information content (AvgIpc) is 0.718. The van der Waals surface area contributed by atoms with E-state index in [9.17, 15) is 0 Å². The number of benzene rings is 19. The van der Waals surface area contributed by atoms with Crippen LogP contribution in [0.4, 0.5) is 85.3 Å². The van der Waals surface area contributed by atoms with Gasteiger partial charge in [0.2, 0.25) is 0 Å². The minimum Gasteiger partial charge on any atom is -0.311 e. The quantitative estimate of drug-likeness (QED) is 0.0999. The summed E-state index contributed by atoms with van der Waals surface area (Å²) in [5, 5.41) is 3.06. The second-order valence-electron chi connectivity index (χ2n) is 49.3. The summed E-state index contributed by atoms with van der Waals surface area (Å²) in [5.74, 6) is 0. The summed E-state index contributed by atoms with van der Waals surface area (Å²) < 4.78 is 70.3. The number of fused-ring (bicyclic) bond motifs is 11. The van der Waals surface area contributed by atoms with Crippen LogP contribution in [0.3, 0.4) is 0 Å². The Balaban J connectivity index is 0.000000138. The summed E-state index contributed by atoms with van der Waals surface area (Å²) in [6.45, 7) is 57.9. The first-order valence-corrected chi connectivity index (χ1v) is 52.8. The highest BCUT2D eigenvalue weighted by Crippen LogP contribution is 2.54. The fourth-order valence-corrected chi connectivity index (χ4v) is 22.4. The van der Waals surface area contributed by atoms with E-state index in [2.05, 4.69) is 471 Å². The van der Waals surface area contributed by atoms with Gasteiger partial charge in [-0.2, -0.15) is 0 Å². The normalized spacial score (nSPS) is 14.1. The van der Waals surface area contributed by atoms with Crippen LogP contribution < -0.4 is 57.3 Å². The molecule has 0 bridgehead atoms. The van der Waals surface area contributed by atoms with Gasteiger partial charge in [0.25, 0.3) is 13.4 Å². The topological polar surface area (TPSA) is 16.2 Å². The summed E-state index contributed by atoms with van der Waals surface area (Å²) in [7, 11) is 0. The van der Waals surface area contributed by atoms with Crippen LogP contribution in [0.2, 0.25) is 0 Å². The first-order valence-electron chi connectivity index (χ1n) is 56.8. The highest BCUT2D eigenvalue weighted by atomic mass is 15.2. The lowest BCUT2D eigenvalue weighted by Gasteiger charge is -2.45. The molecule has 0 atom stereocenters. The second-order valence-corrected chi connectivity index (χ2v) is 49.3. The van der Waals surface area contributed by atoms with E-state index in [-0.39, 0.29) is 102 Å². The number of rotatable bonds is 10. The van der Waals surface area contributed by atoms with Crippen LogP contribution in [0.5, 0.6) is 0 Å². The van der Waals surface area contributed by atoms with Crippen LogP contribution in [0.1, 0.15) is 227 Å². The summed E-state index contributed by atoms with van der Waals surface area (Å²) in [6.07, 6.45) is 0. The predicted molar refractivity (Wildman–Crippen MR) is 645 cm³/mol. The highest BCUT2D eigenvalue weighted by Gasteiger charge is 2.48. The molecule has 0 radical (unpaired) electrons. The molecule has 19 aromatic rings. The van der Waals surface area contributed by atoms with Crippen molar-refractivity contribution in [1.82, 2.24) is 0 Å². The number of anilines is 15. The molecule has 148 heavy (non-hydrogen) atoms. The van der Waals surface area contributed by atoms with Crippen molar-refractivity contribution in [2.75, 3.05) is 24.5 Å². The highest BCUT2D eigenvalue weighted by molar-refractivity contribution is 7.01. The Morgan fingerprint density at radius 2 is 0.473 bits per heavy atom. The van der Waals surface area contributed by atoms with E-state index >= 15 is 0 Å². The van der Waals surface area contributed by atoms with E-state index in [0.717, 1.165) is 50.3 Å². The third-order valence-corrected chi connectivity index (χ3v) is 30.7. The smallest absolute Gasteiger partial charge is 0.252 e. The zero-order chi connectivity index (χ0) is 111. The molecule has 0 saturated carbocycles. The fourth-order valence-electron chi connectivity index (χ4n) is 22.4. The number of nitrogens with zero attached hydrogens (tertiary/aromatic N) is 5. The van der Waals surface area contributed by atoms with Gasteiger partial charge < -0.3 is 24.5 Å². The molecule has 0 fully saturated rings. The van der Waals surface area contributed by atoms with E-state index in [1.54, 1.807) is 24.3 Å². The number of hydrogen-bond acceptors (Lipinski definition) is 5. The van der Waals surface area contributed by atoms with Gasteiger partial charge in [-0.25, -0.2) is 0 Å². The minimum absolute atomic E-state index is 0.000692. The van der Waals surface area contributed by atoms with Crippen LogP contribution in [0.15, 0.2) is 400 Å². The van der Waals surface area contributed by atoms with Crippen LogP contribution in [-0.4, -0.2) is 13.4 Å². The lowest BCUT2D eigenvalue weighted by atomic mass is 9.33. The van der Waals surface area contributed by atoms with Gasteiger partial charge >= 0.3 is 0 Å². The van der Waals surface area contributed by atoms with Gasteiger partial charge in [0.1, 0.15) is 0 Å². The van der Waals surface area contributed by atoms with Crippen molar-refractivity contribution >= 4 is 164 Å². The van der Waals surface area contributed by atoms with Gasteiger partial charge in [-0.15, -0.1) is 0 Å². The Labute approximate surface area is 893 Å². The van der Waals surface area contributed by atoms with Crippen molar-refractivity contribution in [1.29, 1.82) is 0 Å². The molecule has 0 N–H and O–H groups in total. The fraction of sp³-hybridized carbons (Fsp3) is 0.234. The lowest BCUT2D eigenvalue weighted by Crippen LogP contribution is -2.61. The maximum atomic E-state index is 9.05. The molecule has 4 heterocycles. The van der Waals surface area contributed by atoms with Gasteiger partial charge in [-0.1, -0.05) is 445 Å². The molecule has 4 aliphatic heterocycles. The number of hydrogen-bond donors (Lipinski definition) is 0. The molecular formula is C141H141B2N5. The van der Waals surface area contributed by atoms with Crippen LogP contribution in [0.25, 0.3) is 65.7 Å². The van der Waals surface area contributed by atoms with Gasteiger partial charge in [0, 0.05) is 79.6 Å². The zero-order valence-corrected chi connectivity index (χ0v) is 90.9. The van der Waals surface area contributed by atoms with Crippen LogP contribution in [0, 0.1) is 6.92 Å². The van der Waals surface area contributed by atoms with Crippen molar-refractivity contribution in [3.63, 3.8) is 0 Å². The predicted octanol–water partition coefficient (Wildman–Crippen LogP) is 35.8. The van der Waals surface area contributed by atoms with E-state index in [1.165, 1.54) is 140 Å². The Bertz CT molecular complexity index is 8360. The molecule has 19 aromatic carbocycles. The maximum absolute atomic E-state index is 9.05. The Hall–Kier alpha value is -14.9. The maximum Gasteiger partial charge on any atom is 0.252 e. The Morgan fingerprint density at radius 3 is 0.777 bits per heavy atom. The summed E-state index contributed by atoms with van der Waals surface area (Å²) in [6, 6.07) is 126. The van der Waals surface area contributed by atoms with E-state index in [0.29, 0.717) is 22.3 Å². The van der Waals surface area contributed by atoms with Gasteiger partial charge in [0.15, 0.2) is 0 Å². The molecule has 5 nitrogen and oxygen atoms in total. The van der Waals surface area contributed by atoms with Gasteiger partial charge in [-0.05, 0) is 320 Å². The van der Waals surface area contributed by atoms with Gasteiger partial charge in [-0.3, -0.25) is 0 Å². The van der Waals surface area contributed by atoms with E-state index < -0.39 is 24.2 Å². The molecular weight excluding hydrogens is 1790 g/mol. The van der Waals surface area contributed by atoms with Crippen molar-refractivity contribution in [3.8, 4) is 33.4 Å². The largest absolute Gasteiger partial charge is 0.311 e. The molecule has 4 aliphatic rings. The summed E-state index contributed by atoms with van der Waals surface area (Å²) in [4.78, 5) is 12.6. The lowest BCUT2D eigenvalue weighted by molar-refractivity contribution is 0.590. The molecule has 0 saturated heterocycles. The van der Waals surface area contributed by atoms with E-state index in [4.69, 9.17) is 11.0 Å². The van der Waals surface area contributed by atoms with Crippen molar-refractivity contribution in [3.05, 3.63) is 450 Å². The minimum atomic E-state index is -0.407. The molecule has 23 rings (SSSR count). The molecule has 0 spiro atoms. The van der Waals surface area contributed by atoms with E-state index in [1.807, 2.05) is 54.6 Å². The third-order valence-electron chi connectivity index (χ3n) is 30.7. The molecule has 0 unspecified atom stereocenters. The Kier molecular flexibility index (Phi) is 22.7. The zero-order valence-electron chi connectivity index (χ0n) is 98.9. The first kappa shape index (κ1) is 89.5. The van der Waals surface area contributed by atoms with Crippen LogP contribution >= 0.6 is 0 Å². The average molecular weight is 1940 g/mol. The Morgan fingerprint density at radius 1 is 0.216 bits per heavy atom. The monoisotopic (exact) mass is 1930 g/mol. The molecule has 0 aliphatic carbocycles. The van der Waals surface area contributed by atoms with Crippen molar-refractivity contribution in [2.24, 2.45) is 0 Å². The van der Waals surface area contributed by atoms with Crippen molar-refractivity contribution in [2.45, 2.75) is 216 Å². The summed E-state index contributed by atoms with van der Waals surface area (Å²) in [5.41, 5.74) is 42.2. The van der Waals surface area contributed by atoms with Gasteiger partial charge in [0.05, 0.1) is 16.7 Å². The number of para-hydroxylation sites is 2. The first-order chi connectivity index (χ1) is 73.7. The van der Waals surface area contributed by atoms with Crippen LogP contribution in [-0.2, 0) is 43.3 Å². The standard InChI is InChI=1S/C58H62BN3.C47H55BN2.C36H24/c1-55(2,3)39-23-29-45(30-24-39)61-50-33-27-41(57(7,8)9)35-48(50)59-49-36-42(58(10,11)12)28-34-51(49)62(46-31-25-40(26-32-46)56(4,5)6)53-38-47(37-52(61)54(53)59)60(43-19-15-13-16-20-43)44-21-17-14-18-22-44;1-30-26-41-43-42(27-30)50(36-22-16-32(17-23-36)45(5,6)7)40-25-19-34(47(11,12)13)29-38(40)48(43)37-28-33(46(8,9)10)18-24-39(37)49(41)35-20-14-31(15-21-35)44(2,3)4;1-2-12-27(13-3-1)35-31-16-6-8-18-33(31)36(34-19-9-7-17-32(34)35)28-23-21-26(22-24-28)30-20-10-14-25-11-4-5-15-29(25)30/h13-38H,1-12H3;14-29H,1-13H3;1-24H/i;;6D,7D,8D,9D,16D,17D,18D,19D. The SMILES string of the molecule is CC(C)(C)c1ccc(N2c3ccc(C(C)(C)C)cc3B3c4cc(C(C)(C)C)ccc4N(c4ccc(C(C)(C)C)cc4)c4cc(N(c5ccccc5)c5ccccc5)cc2c43)cc1.Cc1cc2c3c(c1)N(c1ccc(C(C)(C)C)cc1)c1ccc(C(C)(C)C)cc1B3c1cc(C(C)(C)C)ccc1N2c1ccc(C(C)(C)C)cc1.[2H]c1c([2H])c([2H])c2c(-c3ccc(-c4cccc5ccccc45)cc3)c3c([2H])c([2H])c([2H])c([2H])c3c(-c3ccccc3)c2c1[2H]. The molecule has 7 heteroatoms.